The zero-order valence-corrected chi connectivity index (χ0v) is 58.2. The first-order chi connectivity index (χ1) is 43.6. The van der Waals surface area contributed by atoms with Crippen molar-refractivity contribution in [2.75, 3.05) is 65.6 Å². The van der Waals surface area contributed by atoms with Crippen molar-refractivity contribution in [2.45, 2.75) is 167 Å². The summed E-state index contributed by atoms with van der Waals surface area (Å²) in [6.45, 7) is 30.3. The number of benzene rings is 4. The molecule has 2 aliphatic rings. The highest BCUT2D eigenvalue weighted by atomic mass is 32.3. The van der Waals surface area contributed by atoms with E-state index >= 15 is 0 Å². The second kappa shape index (κ2) is 36.0. The second-order valence-corrected chi connectivity index (χ2v) is 28.6. The Kier molecular flexibility index (Phi) is 30.3. The summed E-state index contributed by atoms with van der Waals surface area (Å²) in [6, 6.07) is 20.0. The lowest BCUT2D eigenvalue weighted by atomic mass is 9.89. The number of piperazine rings is 2. The molecule has 93 heavy (non-hydrogen) atoms. The lowest BCUT2D eigenvalue weighted by molar-refractivity contribution is -0.135. The second-order valence-electron chi connectivity index (χ2n) is 24.4. The van der Waals surface area contributed by atoms with Gasteiger partial charge >= 0.3 is 22.6 Å². The molecule has 0 radical (unpaired) electrons. The van der Waals surface area contributed by atoms with Crippen LogP contribution in [0.4, 0.5) is 9.59 Å². The Balaban J connectivity index is 0.000000369. The quantitative estimate of drug-likeness (QED) is 0.0185. The van der Waals surface area contributed by atoms with E-state index in [0.29, 0.717) is 22.3 Å². The monoisotopic (exact) mass is 1360 g/mol. The molecule has 26 nitrogen and oxygen atoms in total. The number of sulfonamides is 2. The summed E-state index contributed by atoms with van der Waals surface area (Å²) in [5, 5.41) is 24.9. The van der Waals surface area contributed by atoms with Gasteiger partial charge in [-0.05, 0) is 118 Å². The number of ether oxygens (including phenoxy) is 2. The summed E-state index contributed by atoms with van der Waals surface area (Å²) in [7, 11) is -13.0. The maximum Gasteiger partial charge on any atom is 0.409 e. The van der Waals surface area contributed by atoms with Crippen LogP contribution in [0.15, 0.2) is 92.8 Å². The molecule has 516 valence electrons. The van der Waals surface area contributed by atoms with Gasteiger partial charge in [0.2, 0.25) is 31.9 Å². The number of hydrogen-bond donors (Lipinski definition) is 8. The average Bonchev–Trinajstić information content (AvgIpc) is 0.775. The standard InChI is InChI=1S/2C32H47N5O6S.H2O4S/c2*1-8-43-32(39)37-14-12-36(13-15-37)31(38)29(17-24-10-9-11-25(16-24)20-33-35-40)34-44(41,42)30-27(22(4)5)18-26(21(2)3)19-28(30)23(6)7;1-5(2,3)4/h2*9-11,16,18-23,29,34-35,40H,8,12-15,17H2,1-7H3;(H2,1,2,3,4). The molecule has 4 aromatic rings. The van der Waals surface area contributed by atoms with Gasteiger partial charge in [0, 0.05) is 52.4 Å². The molecular formula is C64H96N10O16S3. The van der Waals surface area contributed by atoms with Crippen LogP contribution in [-0.2, 0) is 62.4 Å². The van der Waals surface area contributed by atoms with Gasteiger partial charge in [-0.25, -0.2) is 26.4 Å². The summed E-state index contributed by atoms with van der Waals surface area (Å²) < 4.78 is 105. The van der Waals surface area contributed by atoms with Crippen molar-refractivity contribution in [3.8, 4) is 0 Å². The van der Waals surface area contributed by atoms with Crippen molar-refractivity contribution < 1.29 is 73.4 Å². The first kappa shape index (κ1) is 78.4. The van der Waals surface area contributed by atoms with Gasteiger partial charge in [0.15, 0.2) is 0 Å². The fraction of sp³-hybridized carbons (Fsp3) is 0.531. The maximum absolute atomic E-state index is 14.4. The normalized spacial score (nSPS) is 14.8. The van der Waals surface area contributed by atoms with E-state index in [1.165, 1.54) is 12.4 Å². The first-order valence-electron chi connectivity index (χ1n) is 31.1. The minimum Gasteiger partial charge on any atom is -0.450 e. The van der Waals surface area contributed by atoms with Gasteiger partial charge in [-0.15, -0.1) is 0 Å². The first-order valence-corrected chi connectivity index (χ1v) is 35.5. The van der Waals surface area contributed by atoms with E-state index in [2.05, 4.69) is 47.3 Å². The molecule has 6 rings (SSSR count). The average molecular weight is 1360 g/mol. The Morgan fingerprint density at radius 3 is 1.00 bits per heavy atom. The molecule has 29 heteroatoms. The van der Waals surface area contributed by atoms with Gasteiger partial charge in [-0.2, -0.15) is 39.2 Å². The number of nitrogens with one attached hydrogen (secondary N) is 4. The molecule has 0 saturated carbocycles. The molecule has 0 aromatic heterocycles. The number of nitrogens with zero attached hydrogens (tertiary/aromatic N) is 6. The van der Waals surface area contributed by atoms with Crippen molar-refractivity contribution in [3.05, 3.63) is 128 Å². The number of carbonyl (C=O) groups is 4. The fourth-order valence-corrected chi connectivity index (χ4v) is 14.4. The highest BCUT2D eigenvalue weighted by molar-refractivity contribution is 7.90. The number of amides is 4. The van der Waals surface area contributed by atoms with Crippen LogP contribution in [-0.4, -0.2) is 178 Å². The number of rotatable bonds is 24. The third-order valence-corrected chi connectivity index (χ3v) is 18.7. The third kappa shape index (κ3) is 23.7. The number of hydrogen-bond acceptors (Lipinski definition) is 18. The third-order valence-electron chi connectivity index (χ3n) is 15.4. The van der Waals surface area contributed by atoms with Gasteiger partial charge in [-0.1, -0.05) is 156 Å². The van der Waals surface area contributed by atoms with Gasteiger partial charge < -0.3 is 29.1 Å². The molecule has 4 amide bonds. The predicted octanol–water partition coefficient (Wildman–Crippen LogP) is 8.47. The van der Waals surface area contributed by atoms with Crippen LogP contribution in [0.2, 0.25) is 0 Å². The molecule has 2 saturated heterocycles. The smallest absolute Gasteiger partial charge is 0.409 e. The highest BCUT2D eigenvalue weighted by Gasteiger charge is 2.38. The Hall–Kier alpha value is -7.09. The maximum atomic E-state index is 14.4. The summed E-state index contributed by atoms with van der Waals surface area (Å²) >= 11 is 0. The molecule has 0 spiro atoms. The molecule has 2 heterocycles. The minimum absolute atomic E-state index is 0.0704. The van der Waals surface area contributed by atoms with E-state index in [-0.39, 0.29) is 136 Å². The number of hydrazone groups is 2. The van der Waals surface area contributed by atoms with Gasteiger partial charge in [-0.3, -0.25) is 29.1 Å². The van der Waals surface area contributed by atoms with Crippen molar-refractivity contribution in [1.29, 1.82) is 0 Å². The van der Waals surface area contributed by atoms with E-state index in [0.717, 1.165) is 33.4 Å². The van der Waals surface area contributed by atoms with Crippen molar-refractivity contribution in [1.82, 2.24) is 40.2 Å². The Bertz CT molecular complexity index is 3280. The van der Waals surface area contributed by atoms with Crippen LogP contribution in [0.3, 0.4) is 0 Å². The molecule has 0 bridgehead atoms. The Morgan fingerprint density at radius 1 is 0.473 bits per heavy atom. The van der Waals surface area contributed by atoms with E-state index < -0.39 is 54.7 Å². The van der Waals surface area contributed by atoms with Gasteiger partial charge in [0.25, 0.3) is 0 Å². The van der Waals surface area contributed by atoms with Crippen LogP contribution >= 0.6 is 0 Å². The summed E-state index contributed by atoms with van der Waals surface area (Å²) in [6.07, 6.45) is 2.14. The lowest BCUT2D eigenvalue weighted by Gasteiger charge is -2.36. The minimum atomic E-state index is -4.67. The van der Waals surface area contributed by atoms with Crippen LogP contribution in [0.5, 0.6) is 0 Å². The van der Waals surface area contributed by atoms with Crippen LogP contribution < -0.4 is 20.6 Å². The van der Waals surface area contributed by atoms with Crippen molar-refractivity contribution in [2.24, 2.45) is 10.2 Å². The van der Waals surface area contributed by atoms with E-state index in [4.69, 9.17) is 37.4 Å². The van der Waals surface area contributed by atoms with E-state index in [1.807, 2.05) is 91.8 Å². The Morgan fingerprint density at radius 2 is 0.753 bits per heavy atom. The fourth-order valence-electron chi connectivity index (χ4n) is 10.6. The van der Waals surface area contributed by atoms with E-state index in [9.17, 15) is 36.0 Å². The van der Waals surface area contributed by atoms with Crippen LogP contribution in [0.1, 0.15) is 188 Å². The molecule has 2 unspecified atom stereocenters. The molecule has 0 aliphatic carbocycles. The number of carbonyl (C=O) groups excluding carboxylic acids is 4. The lowest BCUT2D eigenvalue weighted by Crippen LogP contribution is -2.56. The largest absolute Gasteiger partial charge is 0.450 e. The summed E-state index contributed by atoms with van der Waals surface area (Å²) in [4.78, 5) is 59.3. The molecule has 4 aromatic carbocycles. The topological polar surface area (TPSA) is 356 Å². The Labute approximate surface area is 549 Å². The molecular weight excluding hydrogens is 1260 g/mol. The molecule has 2 fully saturated rings. The molecule has 2 aliphatic heterocycles. The van der Waals surface area contributed by atoms with Gasteiger partial charge in [0.05, 0.1) is 35.4 Å². The summed E-state index contributed by atoms with van der Waals surface area (Å²) in [5.74, 6) is -0.590. The molecule has 8 N–H and O–H groups in total. The zero-order valence-electron chi connectivity index (χ0n) is 55.8. The van der Waals surface area contributed by atoms with Gasteiger partial charge in [0.1, 0.15) is 12.1 Å². The zero-order chi connectivity index (χ0) is 69.7. The van der Waals surface area contributed by atoms with Crippen molar-refractivity contribution in [3.63, 3.8) is 0 Å². The van der Waals surface area contributed by atoms with E-state index in [1.54, 1.807) is 81.0 Å². The predicted molar refractivity (Wildman–Crippen MR) is 355 cm³/mol. The van der Waals surface area contributed by atoms with Crippen LogP contribution in [0.25, 0.3) is 0 Å². The summed E-state index contributed by atoms with van der Waals surface area (Å²) in [5.41, 5.74) is 11.2. The molecule has 2 atom stereocenters. The SMILES string of the molecule is CCOC(=O)N1CCN(C(=O)C(Cc2cccc(C=NNO)c2)NS(=O)(=O)c2c(C(C)C)cc(C(C)C)cc2C(C)C)CC1.CCOC(=O)N1CCN(C(=O)C(Cc2cccc(C=NNO)c2)NS(=O)(=O)c2c(C(C)C)cc(C(C)C)cc2C(C)C)CC1.O=S(=O)(O)O. The highest BCUT2D eigenvalue weighted by Crippen LogP contribution is 2.37. The van der Waals surface area contributed by atoms with Crippen LogP contribution in [0, 0.1) is 0 Å². The van der Waals surface area contributed by atoms with Crippen molar-refractivity contribution >= 4 is 66.9 Å².